The molecule has 1 atom stereocenters. The third-order valence-corrected chi connectivity index (χ3v) is 4.97. The first kappa shape index (κ1) is 17.2. The molecule has 2 aromatic rings. The van der Waals surface area contributed by atoms with Crippen molar-refractivity contribution in [3.63, 3.8) is 0 Å². The van der Waals surface area contributed by atoms with E-state index in [1.54, 1.807) is 0 Å². The minimum atomic E-state index is 0.436. The van der Waals surface area contributed by atoms with Crippen LogP contribution in [0.3, 0.4) is 0 Å². The Morgan fingerprint density at radius 2 is 2.00 bits per heavy atom. The van der Waals surface area contributed by atoms with Crippen LogP contribution in [0.1, 0.15) is 12.1 Å². The predicted octanol–water partition coefficient (Wildman–Crippen LogP) is 1.44. The second-order valence-corrected chi connectivity index (χ2v) is 6.84. The smallest absolute Gasteiger partial charge is 0.227 e. The van der Waals surface area contributed by atoms with Crippen molar-refractivity contribution in [1.82, 2.24) is 19.9 Å². The predicted molar refractivity (Wildman–Crippen MR) is 101 cm³/mol. The van der Waals surface area contributed by atoms with Crippen LogP contribution in [0, 0.1) is 0 Å². The molecule has 2 aromatic heterocycles. The summed E-state index contributed by atoms with van der Waals surface area (Å²) >= 11 is 0. The van der Waals surface area contributed by atoms with Crippen LogP contribution in [0.2, 0.25) is 0 Å². The number of morpholine rings is 1. The van der Waals surface area contributed by atoms with Crippen LogP contribution in [-0.4, -0.2) is 71.8 Å². The molecule has 138 valence electrons. The fourth-order valence-corrected chi connectivity index (χ4v) is 3.53. The average Bonchev–Trinajstić information content (AvgIpc) is 3.15. The Morgan fingerprint density at radius 1 is 1.08 bits per heavy atom. The molecule has 0 spiro atoms. The fraction of sp³-hybridized carbons (Fsp3) is 0.526. The zero-order valence-corrected chi connectivity index (χ0v) is 15.0. The number of anilines is 2. The zero-order chi connectivity index (χ0) is 17.6. The van der Waals surface area contributed by atoms with Crippen molar-refractivity contribution in [3.8, 4) is 0 Å². The number of rotatable bonds is 6. The monoisotopic (exact) mass is 354 g/mol. The fourth-order valence-electron chi connectivity index (χ4n) is 3.53. The van der Waals surface area contributed by atoms with Crippen molar-refractivity contribution in [3.05, 3.63) is 42.4 Å². The summed E-state index contributed by atoms with van der Waals surface area (Å²) in [6, 6.07) is 8.51. The lowest BCUT2D eigenvalue weighted by molar-refractivity contribution is 0.122. The molecular weight excluding hydrogens is 328 g/mol. The molecule has 26 heavy (non-hydrogen) atoms. The number of hydrogen-bond acceptors (Lipinski definition) is 7. The molecule has 7 heteroatoms. The van der Waals surface area contributed by atoms with E-state index in [2.05, 4.69) is 37.2 Å². The van der Waals surface area contributed by atoms with Gasteiger partial charge in [0.15, 0.2) is 0 Å². The van der Waals surface area contributed by atoms with Gasteiger partial charge in [-0.3, -0.25) is 4.98 Å². The zero-order valence-electron chi connectivity index (χ0n) is 15.0. The summed E-state index contributed by atoms with van der Waals surface area (Å²) in [5, 5.41) is 3.58. The van der Waals surface area contributed by atoms with E-state index in [4.69, 9.17) is 9.72 Å². The van der Waals surface area contributed by atoms with Gasteiger partial charge in [0.1, 0.15) is 5.82 Å². The lowest BCUT2D eigenvalue weighted by Crippen LogP contribution is -2.37. The third-order valence-electron chi connectivity index (χ3n) is 4.97. The number of nitrogens with one attached hydrogen (secondary N) is 1. The molecule has 0 bridgehead atoms. The van der Waals surface area contributed by atoms with E-state index in [9.17, 15) is 0 Å². The van der Waals surface area contributed by atoms with Gasteiger partial charge in [-0.1, -0.05) is 6.07 Å². The maximum Gasteiger partial charge on any atom is 0.227 e. The van der Waals surface area contributed by atoms with Crippen LogP contribution < -0.4 is 10.2 Å². The van der Waals surface area contributed by atoms with Gasteiger partial charge in [-0.25, -0.2) is 4.98 Å². The Labute approximate surface area is 154 Å². The Bertz CT molecular complexity index is 691. The van der Waals surface area contributed by atoms with E-state index in [0.717, 1.165) is 76.2 Å². The molecule has 4 rings (SSSR count). The second-order valence-electron chi connectivity index (χ2n) is 6.84. The van der Waals surface area contributed by atoms with Crippen molar-refractivity contribution in [2.45, 2.75) is 18.9 Å². The molecule has 2 aliphatic heterocycles. The largest absolute Gasteiger partial charge is 0.378 e. The Balaban J connectivity index is 1.28. The number of aromatic nitrogens is 3. The summed E-state index contributed by atoms with van der Waals surface area (Å²) in [5.74, 6) is 1.71. The summed E-state index contributed by atoms with van der Waals surface area (Å²) < 4.78 is 5.40. The van der Waals surface area contributed by atoms with E-state index in [0.29, 0.717) is 6.04 Å². The van der Waals surface area contributed by atoms with E-state index >= 15 is 0 Å². The molecule has 0 saturated carbocycles. The molecule has 2 aliphatic rings. The minimum Gasteiger partial charge on any atom is -0.378 e. The van der Waals surface area contributed by atoms with Gasteiger partial charge < -0.3 is 19.9 Å². The summed E-state index contributed by atoms with van der Waals surface area (Å²) in [6.45, 7) is 6.42. The standard InChI is InChI=1S/C19H26N6O/c1-2-7-20-16(3-1)5-9-24-10-6-17(15-24)22-18-4-8-21-19(23-18)25-11-13-26-14-12-25/h1-4,7-8,17H,5-6,9-15H2,(H,21,22,23). The number of pyridine rings is 1. The molecule has 4 heterocycles. The summed E-state index contributed by atoms with van der Waals surface area (Å²) in [4.78, 5) is 18.2. The Hall–Kier alpha value is -2.25. The van der Waals surface area contributed by atoms with Gasteiger partial charge in [-0.2, -0.15) is 4.98 Å². The normalized spacial score (nSPS) is 21.1. The first-order valence-electron chi connectivity index (χ1n) is 9.41. The first-order chi connectivity index (χ1) is 12.9. The van der Waals surface area contributed by atoms with Gasteiger partial charge in [-0.05, 0) is 24.6 Å². The molecule has 0 aliphatic carbocycles. The van der Waals surface area contributed by atoms with Gasteiger partial charge >= 0.3 is 0 Å². The van der Waals surface area contributed by atoms with Crippen molar-refractivity contribution in [2.24, 2.45) is 0 Å². The SMILES string of the molecule is c1ccc(CCN2CCC(Nc3ccnc(N4CCOCC4)n3)C2)nc1. The molecule has 1 unspecified atom stereocenters. The highest BCUT2D eigenvalue weighted by Gasteiger charge is 2.23. The first-order valence-corrected chi connectivity index (χ1v) is 9.41. The molecule has 7 nitrogen and oxygen atoms in total. The molecule has 2 saturated heterocycles. The van der Waals surface area contributed by atoms with E-state index in [-0.39, 0.29) is 0 Å². The minimum absolute atomic E-state index is 0.436. The van der Waals surface area contributed by atoms with Gasteiger partial charge in [0.05, 0.1) is 13.2 Å². The molecule has 0 radical (unpaired) electrons. The average molecular weight is 354 g/mol. The second kappa shape index (κ2) is 8.42. The van der Waals surface area contributed by atoms with Crippen LogP contribution in [0.5, 0.6) is 0 Å². The van der Waals surface area contributed by atoms with Crippen molar-refractivity contribution >= 4 is 11.8 Å². The number of ether oxygens (including phenoxy) is 1. The highest BCUT2D eigenvalue weighted by molar-refractivity contribution is 5.42. The molecule has 1 N–H and O–H groups in total. The Morgan fingerprint density at radius 3 is 2.85 bits per heavy atom. The number of likely N-dealkylation sites (tertiary alicyclic amines) is 1. The van der Waals surface area contributed by atoms with E-state index in [1.807, 2.05) is 24.5 Å². The molecule has 0 amide bonds. The highest BCUT2D eigenvalue weighted by Crippen LogP contribution is 2.17. The quantitative estimate of drug-likeness (QED) is 0.842. The lowest BCUT2D eigenvalue weighted by atomic mass is 10.2. The van der Waals surface area contributed by atoms with Gasteiger partial charge in [0, 0.05) is 63.3 Å². The maximum absolute atomic E-state index is 5.40. The highest BCUT2D eigenvalue weighted by atomic mass is 16.5. The van der Waals surface area contributed by atoms with Crippen LogP contribution in [0.15, 0.2) is 36.7 Å². The number of nitrogens with zero attached hydrogens (tertiary/aromatic N) is 5. The van der Waals surface area contributed by atoms with E-state index in [1.165, 1.54) is 0 Å². The number of hydrogen-bond donors (Lipinski definition) is 1. The van der Waals surface area contributed by atoms with Crippen molar-refractivity contribution in [2.75, 3.05) is 56.2 Å². The Kier molecular flexibility index (Phi) is 5.56. The van der Waals surface area contributed by atoms with Gasteiger partial charge in [-0.15, -0.1) is 0 Å². The van der Waals surface area contributed by atoms with Gasteiger partial charge in [0.2, 0.25) is 5.95 Å². The van der Waals surface area contributed by atoms with Crippen LogP contribution in [0.25, 0.3) is 0 Å². The van der Waals surface area contributed by atoms with Crippen LogP contribution >= 0.6 is 0 Å². The van der Waals surface area contributed by atoms with Gasteiger partial charge in [0.25, 0.3) is 0 Å². The summed E-state index contributed by atoms with van der Waals surface area (Å²) in [5.41, 5.74) is 1.16. The van der Waals surface area contributed by atoms with Crippen molar-refractivity contribution < 1.29 is 4.74 Å². The third kappa shape index (κ3) is 4.47. The summed E-state index contributed by atoms with van der Waals surface area (Å²) in [7, 11) is 0. The van der Waals surface area contributed by atoms with Crippen LogP contribution in [-0.2, 0) is 11.2 Å². The summed E-state index contributed by atoms with van der Waals surface area (Å²) in [6.07, 6.45) is 5.85. The van der Waals surface area contributed by atoms with Crippen LogP contribution in [0.4, 0.5) is 11.8 Å². The topological polar surface area (TPSA) is 66.4 Å². The van der Waals surface area contributed by atoms with Crippen molar-refractivity contribution in [1.29, 1.82) is 0 Å². The van der Waals surface area contributed by atoms with E-state index < -0.39 is 0 Å². The lowest BCUT2D eigenvalue weighted by Gasteiger charge is -2.27. The molecular formula is C19H26N6O. The molecule has 2 fully saturated rings. The maximum atomic E-state index is 5.40. The molecule has 0 aromatic carbocycles.